The molecule has 1 fully saturated rings. The molecule has 0 aliphatic carbocycles. The first-order chi connectivity index (χ1) is 13.1. The molecule has 0 atom stereocenters. The smallest absolute Gasteiger partial charge is 0.416 e. The van der Waals surface area contributed by atoms with Crippen molar-refractivity contribution in [1.82, 2.24) is 0 Å². The van der Waals surface area contributed by atoms with Gasteiger partial charge in [-0.25, -0.2) is 9.59 Å². The number of nitrogens with zero attached hydrogens (tertiary/aromatic N) is 1. The Morgan fingerprint density at radius 2 is 1.86 bits per heavy atom. The lowest BCUT2D eigenvalue weighted by Crippen LogP contribution is -2.44. The van der Waals surface area contributed by atoms with Gasteiger partial charge in [0, 0.05) is 19.6 Å². The number of ether oxygens (including phenoxy) is 2. The molecule has 1 aromatic rings. The van der Waals surface area contributed by atoms with Crippen molar-refractivity contribution in [3.63, 3.8) is 0 Å². The molecule has 0 unspecified atom stereocenters. The van der Waals surface area contributed by atoms with E-state index in [4.69, 9.17) is 9.47 Å². The number of esters is 2. The van der Waals surface area contributed by atoms with E-state index in [9.17, 15) is 22.8 Å². The third kappa shape index (κ3) is 5.80. The number of carbonyl (C=O) groups excluding carboxylic acids is 2. The first-order valence-corrected chi connectivity index (χ1v) is 8.68. The van der Waals surface area contributed by atoms with Crippen LogP contribution in [0.4, 0.5) is 18.9 Å². The van der Waals surface area contributed by atoms with E-state index in [-0.39, 0.29) is 17.7 Å². The van der Waals surface area contributed by atoms with Crippen molar-refractivity contribution < 1.29 is 32.2 Å². The lowest BCUT2D eigenvalue weighted by molar-refractivity contribution is -0.230. The average Bonchev–Trinajstić information content (AvgIpc) is 2.59. The monoisotopic (exact) mass is 395 g/mol. The first-order valence-electron chi connectivity index (χ1n) is 8.68. The number of halogens is 3. The second kappa shape index (κ2) is 8.86. The fourth-order valence-corrected chi connectivity index (χ4v) is 2.55. The van der Waals surface area contributed by atoms with Gasteiger partial charge in [-0.2, -0.15) is 13.2 Å². The van der Waals surface area contributed by atoms with Crippen LogP contribution < -0.4 is 0 Å². The molecule has 1 saturated heterocycles. The summed E-state index contributed by atoms with van der Waals surface area (Å²) in [5.74, 6) is -2.72. The number of carbonyl (C=O) groups is 2. The van der Waals surface area contributed by atoms with Crippen LogP contribution in [0.2, 0.25) is 0 Å². The maximum absolute atomic E-state index is 12.6. The van der Waals surface area contributed by atoms with Gasteiger partial charge < -0.3 is 9.47 Å². The van der Waals surface area contributed by atoms with Crippen molar-refractivity contribution in [3.8, 4) is 0 Å². The average molecular weight is 395 g/mol. The van der Waals surface area contributed by atoms with Crippen LogP contribution in [0, 0.1) is 0 Å². The van der Waals surface area contributed by atoms with Crippen LogP contribution in [0.15, 0.2) is 53.1 Å². The molecule has 1 heterocycles. The molecule has 0 aromatic heterocycles. The van der Waals surface area contributed by atoms with Crippen LogP contribution in [0.3, 0.4) is 0 Å². The summed E-state index contributed by atoms with van der Waals surface area (Å²) in [7, 11) is 0. The lowest BCUT2D eigenvalue weighted by Gasteiger charge is -2.33. The molecule has 1 aliphatic rings. The molecule has 0 bridgehead atoms. The van der Waals surface area contributed by atoms with Gasteiger partial charge in [-0.05, 0) is 37.1 Å². The molecule has 0 saturated carbocycles. The summed E-state index contributed by atoms with van der Waals surface area (Å²) in [5, 5.41) is 0. The second-order valence-electron chi connectivity index (χ2n) is 6.27. The number of hydrogen-bond acceptors (Lipinski definition) is 5. The largest absolute Gasteiger partial charge is 0.419 e. The van der Waals surface area contributed by atoms with Gasteiger partial charge in [0.25, 0.3) is 5.79 Å². The molecule has 0 amide bonds. The summed E-state index contributed by atoms with van der Waals surface area (Å²) < 4.78 is 48.3. The fourth-order valence-electron chi connectivity index (χ4n) is 2.55. The summed E-state index contributed by atoms with van der Waals surface area (Å²) in [5.41, 5.74) is -0.805. The van der Waals surface area contributed by atoms with Crippen LogP contribution in [-0.4, -0.2) is 23.9 Å². The van der Waals surface area contributed by atoms with Crippen molar-refractivity contribution in [1.29, 1.82) is 0 Å². The zero-order chi connectivity index (χ0) is 20.8. The standard InChI is InChI=1S/C20H20F3NO4/c1-3-11-19(2)27-17(25)16(18(26)28-19)10-5-4-6-12-24-15-9-7-8-14(13-15)20(21,22)23/h4,6-10,12-13H,3,5,11H2,1-2H3. The van der Waals surface area contributed by atoms with Crippen LogP contribution in [0.25, 0.3) is 0 Å². The van der Waals surface area contributed by atoms with Crippen LogP contribution in [0.1, 0.15) is 38.7 Å². The van der Waals surface area contributed by atoms with E-state index in [2.05, 4.69) is 4.99 Å². The van der Waals surface area contributed by atoms with E-state index in [0.717, 1.165) is 12.1 Å². The molecule has 0 radical (unpaired) electrons. The van der Waals surface area contributed by atoms with Gasteiger partial charge in [0.1, 0.15) is 5.57 Å². The van der Waals surface area contributed by atoms with E-state index >= 15 is 0 Å². The van der Waals surface area contributed by atoms with E-state index < -0.39 is 29.5 Å². The van der Waals surface area contributed by atoms with E-state index in [1.165, 1.54) is 37.4 Å². The molecule has 0 spiro atoms. The fraction of sp³-hybridized carbons (Fsp3) is 0.350. The minimum atomic E-state index is -4.43. The Balaban J connectivity index is 1.94. The molecule has 28 heavy (non-hydrogen) atoms. The highest BCUT2D eigenvalue weighted by molar-refractivity contribution is 6.15. The Morgan fingerprint density at radius 1 is 1.18 bits per heavy atom. The van der Waals surface area contributed by atoms with Gasteiger partial charge in [-0.1, -0.05) is 25.1 Å². The molecular weight excluding hydrogens is 375 g/mol. The number of hydrogen-bond donors (Lipinski definition) is 0. The molecule has 0 N–H and O–H groups in total. The number of alkyl halides is 3. The number of rotatable bonds is 6. The Morgan fingerprint density at radius 3 is 2.46 bits per heavy atom. The van der Waals surface area contributed by atoms with Crippen molar-refractivity contribution in [2.75, 3.05) is 0 Å². The van der Waals surface area contributed by atoms with Crippen LogP contribution in [0.5, 0.6) is 0 Å². The van der Waals surface area contributed by atoms with E-state index in [1.54, 1.807) is 6.08 Å². The summed E-state index contributed by atoms with van der Waals surface area (Å²) in [4.78, 5) is 27.9. The second-order valence-corrected chi connectivity index (χ2v) is 6.27. The predicted octanol–water partition coefficient (Wildman–Crippen LogP) is 4.90. The van der Waals surface area contributed by atoms with Gasteiger partial charge in [-0.15, -0.1) is 0 Å². The lowest BCUT2D eigenvalue weighted by atomic mass is 10.1. The Hall–Kier alpha value is -2.90. The van der Waals surface area contributed by atoms with Crippen molar-refractivity contribution >= 4 is 23.8 Å². The quantitative estimate of drug-likeness (QED) is 0.298. The third-order valence-corrected chi connectivity index (χ3v) is 3.84. The Bertz CT molecular complexity index is 805. The van der Waals surface area contributed by atoms with E-state index in [0.29, 0.717) is 12.8 Å². The summed E-state index contributed by atoms with van der Waals surface area (Å²) in [6.07, 6.45) is 2.66. The number of benzene rings is 1. The molecule has 1 aliphatic heterocycles. The van der Waals surface area contributed by atoms with Crippen LogP contribution in [-0.2, 0) is 25.2 Å². The third-order valence-electron chi connectivity index (χ3n) is 3.84. The molecular formula is C20H20F3NO4. The molecule has 150 valence electrons. The topological polar surface area (TPSA) is 65.0 Å². The Labute approximate surface area is 160 Å². The van der Waals surface area contributed by atoms with Gasteiger partial charge in [0.2, 0.25) is 0 Å². The molecule has 8 heteroatoms. The maximum atomic E-state index is 12.6. The normalized spacial score (nSPS) is 20.5. The summed E-state index contributed by atoms with van der Waals surface area (Å²) >= 11 is 0. The highest BCUT2D eigenvalue weighted by Gasteiger charge is 2.41. The number of cyclic esters (lactones) is 2. The van der Waals surface area contributed by atoms with Crippen molar-refractivity contribution in [2.45, 2.75) is 45.1 Å². The van der Waals surface area contributed by atoms with E-state index in [1.807, 2.05) is 6.92 Å². The molecule has 1 aromatic carbocycles. The number of allylic oxidation sites excluding steroid dienone is 3. The molecule has 5 nitrogen and oxygen atoms in total. The van der Waals surface area contributed by atoms with Crippen LogP contribution >= 0.6 is 0 Å². The Kier molecular flexibility index (Phi) is 6.77. The van der Waals surface area contributed by atoms with Crippen molar-refractivity contribution in [2.24, 2.45) is 4.99 Å². The maximum Gasteiger partial charge on any atom is 0.416 e. The zero-order valence-electron chi connectivity index (χ0n) is 15.5. The summed E-state index contributed by atoms with van der Waals surface area (Å²) in [6, 6.07) is 4.63. The first kappa shape index (κ1) is 21.4. The SMILES string of the molecule is CCCC1(C)OC(=O)C(=CCC=CC=Nc2cccc(C(F)(F)F)c2)C(=O)O1. The minimum absolute atomic E-state index is 0.160. The van der Waals surface area contributed by atoms with Gasteiger partial charge in [0.05, 0.1) is 11.3 Å². The highest BCUT2D eigenvalue weighted by Crippen LogP contribution is 2.31. The highest BCUT2D eigenvalue weighted by atomic mass is 19.4. The summed E-state index contributed by atoms with van der Waals surface area (Å²) in [6.45, 7) is 3.41. The molecule has 2 rings (SSSR count). The van der Waals surface area contributed by atoms with Gasteiger partial charge in [-0.3, -0.25) is 4.99 Å². The number of aliphatic imine (C=N–C) groups is 1. The van der Waals surface area contributed by atoms with Gasteiger partial charge in [0.15, 0.2) is 0 Å². The van der Waals surface area contributed by atoms with Gasteiger partial charge >= 0.3 is 18.1 Å². The minimum Gasteiger partial charge on any atom is -0.419 e. The van der Waals surface area contributed by atoms with Crippen molar-refractivity contribution in [3.05, 3.63) is 53.6 Å². The zero-order valence-corrected chi connectivity index (χ0v) is 15.5. The predicted molar refractivity (Wildman–Crippen MR) is 96.9 cm³/mol.